The highest BCUT2D eigenvalue weighted by molar-refractivity contribution is 5.09. The van der Waals surface area contributed by atoms with Gasteiger partial charge < -0.3 is 4.57 Å². The molecular formula is C11H13N3O. The van der Waals surface area contributed by atoms with Crippen molar-refractivity contribution >= 4 is 0 Å². The van der Waals surface area contributed by atoms with E-state index in [4.69, 9.17) is 0 Å². The molecule has 0 aromatic carbocycles. The molecule has 0 aliphatic carbocycles. The summed E-state index contributed by atoms with van der Waals surface area (Å²) >= 11 is 0. The van der Waals surface area contributed by atoms with E-state index in [1.165, 1.54) is 0 Å². The summed E-state index contributed by atoms with van der Waals surface area (Å²) in [5, 5.41) is 4.23. The first-order valence-electron chi connectivity index (χ1n) is 4.81. The molecule has 0 saturated heterocycles. The zero-order valence-electron chi connectivity index (χ0n) is 8.84. The molecule has 0 fully saturated rings. The third kappa shape index (κ3) is 2.15. The highest BCUT2D eigenvalue weighted by atomic mass is 16.1. The highest BCUT2D eigenvalue weighted by Crippen LogP contribution is 1.98. The zero-order chi connectivity index (χ0) is 10.8. The lowest BCUT2D eigenvalue weighted by molar-refractivity contribution is 0.691. The predicted octanol–water partition coefficient (Wildman–Crippen LogP) is 0.939. The fourth-order valence-corrected chi connectivity index (χ4v) is 1.46. The number of aromatic nitrogens is 3. The number of hydrogen-bond donors (Lipinski definition) is 0. The van der Waals surface area contributed by atoms with Gasteiger partial charge in [-0.3, -0.25) is 9.48 Å². The van der Waals surface area contributed by atoms with Gasteiger partial charge in [0.2, 0.25) is 0 Å². The number of aryl methyl sites for hydroxylation is 2. The van der Waals surface area contributed by atoms with Gasteiger partial charge >= 0.3 is 0 Å². The number of rotatable bonds is 2. The molecule has 0 aliphatic rings. The maximum atomic E-state index is 11.6. The summed E-state index contributed by atoms with van der Waals surface area (Å²) in [6.07, 6.45) is 3.67. The van der Waals surface area contributed by atoms with Crippen LogP contribution in [0.5, 0.6) is 0 Å². The van der Waals surface area contributed by atoms with Crippen LogP contribution in [0.3, 0.4) is 0 Å². The van der Waals surface area contributed by atoms with Crippen LogP contribution in [0.25, 0.3) is 0 Å². The van der Waals surface area contributed by atoms with Gasteiger partial charge in [0.1, 0.15) is 0 Å². The van der Waals surface area contributed by atoms with Gasteiger partial charge in [-0.05, 0) is 24.6 Å². The predicted molar refractivity (Wildman–Crippen MR) is 57.7 cm³/mol. The van der Waals surface area contributed by atoms with Crippen LogP contribution in [0.15, 0.2) is 35.4 Å². The minimum absolute atomic E-state index is 0.0145. The van der Waals surface area contributed by atoms with Crippen LogP contribution in [0.4, 0.5) is 0 Å². The number of pyridine rings is 1. The second-order valence-electron chi connectivity index (χ2n) is 3.65. The van der Waals surface area contributed by atoms with Gasteiger partial charge in [0, 0.05) is 25.5 Å². The van der Waals surface area contributed by atoms with E-state index in [9.17, 15) is 4.79 Å². The van der Waals surface area contributed by atoms with Crippen molar-refractivity contribution in [2.75, 3.05) is 0 Å². The second-order valence-corrected chi connectivity index (χ2v) is 3.65. The summed E-state index contributed by atoms with van der Waals surface area (Å²) < 4.78 is 3.38. The summed E-state index contributed by atoms with van der Waals surface area (Å²) in [4.78, 5) is 11.6. The van der Waals surface area contributed by atoms with Crippen LogP contribution < -0.4 is 5.56 Å². The van der Waals surface area contributed by atoms with Gasteiger partial charge in [0.25, 0.3) is 5.56 Å². The summed E-state index contributed by atoms with van der Waals surface area (Å²) in [6.45, 7) is 2.44. The first kappa shape index (κ1) is 9.71. The molecule has 0 amide bonds. The molecule has 15 heavy (non-hydrogen) atoms. The minimum atomic E-state index is 0.0145. The van der Waals surface area contributed by atoms with Gasteiger partial charge in [-0.1, -0.05) is 0 Å². The van der Waals surface area contributed by atoms with Crippen molar-refractivity contribution < 1.29 is 0 Å². The maximum absolute atomic E-state index is 11.6. The normalized spacial score (nSPS) is 10.5. The summed E-state index contributed by atoms with van der Waals surface area (Å²) in [5.41, 5.74) is 1.89. The molecule has 0 N–H and O–H groups in total. The molecule has 0 saturated carbocycles. The summed E-state index contributed by atoms with van der Waals surface area (Å²) in [6, 6.07) is 5.46. The molecule has 2 aromatic rings. The molecule has 0 atom stereocenters. The monoisotopic (exact) mass is 203 g/mol. The Morgan fingerprint density at radius 3 is 2.73 bits per heavy atom. The topological polar surface area (TPSA) is 39.8 Å². The fraction of sp³-hybridized carbons (Fsp3) is 0.273. The van der Waals surface area contributed by atoms with Crippen LogP contribution in [-0.4, -0.2) is 14.3 Å². The van der Waals surface area contributed by atoms with E-state index in [1.807, 2.05) is 32.3 Å². The van der Waals surface area contributed by atoms with Crippen molar-refractivity contribution in [2.24, 2.45) is 7.05 Å². The standard InChI is InChI=1S/C11H13N3O/c1-9-3-6-14(11(15)7-9)8-10-4-5-13(2)12-10/h3-7H,8H2,1-2H3. The fourth-order valence-electron chi connectivity index (χ4n) is 1.46. The van der Waals surface area contributed by atoms with Crippen LogP contribution in [0.2, 0.25) is 0 Å². The van der Waals surface area contributed by atoms with Crippen molar-refractivity contribution in [3.8, 4) is 0 Å². The SMILES string of the molecule is Cc1ccn(Cc2ccn(C)n2)c(=O)c1. The van der Waals surface area contributed by atoms with Gasteiger partial charge in [-0.25, -0.2) is 0 Å². The molecule has 2 heterocycles. The van der Waals surface area contributed by atoms with E-state index < -0.39 is 0 Å². The highest BCUT2D eigenvalue weighted by Gasteiger charge is 2.00. The Bertz CT molecular complexity index is 525. The molecule has 4 heteroatoms. The van der Waals surface area contributed by atoms with Crippen LogP contribution >= 0.6 is 0 Å². The molecule has 0 radical (unpaired) electrons. The van der Waals surface area contributed by atoms with E-state index >= 15 is 0 Å². The maximum Gasteiger partial charge on any atom is 0.251 e. The molecule has 0 aliphatic heterocycles. The Balaban J connectivity index is 2.28. The molecule has 2 rings (SSSR count). The largest absolute Gasteiger partial charge is 0.309 e. The van der Waals surface area contributed by atoms with Crippen LogP contribution in [0, 0.1) is 6.92 Å². The Morgan fingerprint density at radius 2 is 2.13 bits per heavy atom. The van der Waals surface area contributed by atoms with Crippen LogP contribution in [-0.2, 0) is 13.6 Å². The van der Waals surface area contributed by atoms with Crippen molar-refractivity contribution in [3.05, 3.63) is 52.2 Å². The van der Waals surface area contributed by atoms with Crippen molar-refractivity contribution in [2.45, 2.75) is 13.5 Å². The lowest BCUT2D eigenvalue weighted by Crippen LogP contribution is -2.19. The van der Waals surface area contributed by atoms with E-state index in [-0.39, 0.29) is 5.56 Å². The average molecular weight is 203 g/mol. The van der Waals surface area contributed by atoms with Crippen molar-refractivity contribution in [3.63, 3.8) is 0 Å². The average Bonchev–Trinajstić information content (AvgIpc) is 2.56. The molecule has 4 nitrogen and oxygen atoms in total. The smallest absolute Gasteiger partial charge is 0.251 e. The summed E-state index contributed by atoms with van der Waals surface area (Å²) in [5.74, 6) is 0. The molecule has 0 spiro atoms. The van der Waals surface area contributed by atoms with Gasteiger partial charge in [-0.15, -0.1) is 0 Å². The third-order valence-electron chi connectivity index (χ3n) is 2.25. The zero-order valence-corrected chi connectivity index (χ0v) is 8.84. The Morgan fingerprint density at radius 1 is 1.33 bits per heavy atom. The molecule has 78 valence electrons. The third-order valence-corrected chi connectivity index (χ3v) is 2.25. The van der Waals surface area contributed by atoms with E-state index in [1.54, 1.807) is 21.5 Å². The van der Waals surface area contributed by atoms with Crippen molar-refractivity contribution in [1.82, 2.24) is 14.3 Å². The first-order chi connectivity index (χ1) is 7.15. The van der Waals surface area contributed by atoms with Gasteiger partial charge in [0.15, 0.2) is 0 Å². The van der Waals surface area contributed by atoms with E-state index in [0.717, 1.165) is 11.3 Å². The number of nitrogens with zero attached hydrogens (tertiary/aromatic N) is 3. The van der Waals surface area contributed by atoms with Crippen LogP contribution in [0.1, 0.15) is 11.3 Å². The quantitative estimate of drug-likeness (QED) is 0.728. The molecular weight excluding hydrogens is 190 g/mol. The Hall–Kier alpha value is -1.84. The Kier molecular flexibility index (Phi) is 2.41. The minimum Gasteiger partial charge on any atom is -0.309 e. The second kappa shape index (κ2) is 3.73. The Labute approximate surface area is 87.8 Å². The van der Waals surface area contributed by atoms with E-state index in [2.05, 4.69) is 5.10 Å². The lowest BCUT2D eigenvalue weighted by atomic mass is 10.3. The summed E-state index contributed by atoms with van der Waals surface area (Å²) in [7, 11) is 1.86. The number of hydrogen-bond acceptors (Lipinski definition) is 2. The van der Waals surface area contributed by atoms with Crippen molar-refractivity contribution in [1.29, 1.82) is 0 Å². The molecule has 0 unspecified atom stereocenters. The van der Waals surface area contributed by atoms with Gasteiger partial charge in [-0.2, -0.15) is 5.10 Å². The molecule has 0 bridgehead atoms. The first-order valence-corrected chi connectivity index (χ1v) is 4.81. The lowest BCUT2D eigenvalue weighted by Gasteiger charge is -2.02. The molecule has 2 aromatic heterocycles. The van der Waals surface area contributed by atoms with Gasteiger partial charge in [0.05, 0.1) is 12.2 Å². The van der Waals surface area contributed by atoms with E-state index in [0.29, 0.717) is 6.54 Å².